The Hall–Kier alpha value is -4.86. The lowest BCUT2D eigenvalue weighted by Gasteiger charge is -2.36. The van der Waals surface area contributed by atoms with Crippen LogP contribution < -0.4 is 20.3 Å². The van der Waals surface area contributed by atoms with Gasteiger partial charge >= 0.3 is 6.18 Å². The third-order valence-corrected chi connectivity index (χ3v) is 13.1. The van der Waals surface area contributed by atoms with Crippen molar-refractivity contribution in [3.05, 3.63) is 138 Å². The van der Waals surface area contributed by atoms with Crippen LogP contribution in [0.25, 0.3) is 22.0 Å². The van der Waals surface area contributed by atoms with Crippen LogP contribution in [0.15, 0.2) is 131 Å². The molecule has 1 atom stereocenters. The molecule has 0 spiro atoms. The van der Waals surface area contributed by atoms with E-state index in [1.165, 1.54) is 29.6 Å². The highest BCUT2D eigenvalue weighted by atomic mass is 35.5. The van der Waals surface area contributed by atoms with Gasteiger partial charge in [0.1, 0.15) is 6.33 Å². The third-order valence-electron chi connectivity index (χ3n) is 10.4. The van der Waals surface area contributed by atoms with Crippen LogP contribution in [0, 0.1) is 0 Å². The van der Waals surface area contributed by atoms with Crippen molar-refractivity contribution in [3.8, 4) is 11.1 Å². The normalized spacial score (nSPS) is 14.4. The summed E-state index contributed by atoms with van der Waals surface area (Å²) in [5.74, 6) is 0.476. The Labute approximate surface area is 358 Å². The fourth-order valence-electron chi connectivity index (χ4n) is 7.21. The molecule has 314 valence electrons. The van der Waals surface area contributed by atoms with E-state index in [2.05, 4.69) is 53.3 Å². The number of anilines is 3. The Bertz CT molecular complexity index is 2490. The Morgan fingerprint density at radius 2 is 1.58 bits per heavy atom. The second kappa shape index (κ2) is 19.2. The number of alkyl halides is 3. The summed E-state index contributed by atoms with van der Waals surface area (Å²) in [5.41, 5.74) is 3.70. The molecule has 0 radical (unpaired) electrons. The van der Waals surface area contributed by atoms with Crippen LogP contribution in [0.3, 0.4) is 0 Å². The van der Waals surface area contributed by atoms with Gasteiger partial charge < -0.3 is 15.5 Å². The first-order chi connectivity index (χ1) is 28.8. The van der Waals surface area contributed by atoms with Gasteiger partial charge in [0.25, 0.3) is 10.0 Å². The summed E-state index contributed by atoms with van der Waals surface area (Å²) in [5, 5.41) is 7.53. The maximum absolute atomic E-state index is 14.6. The highest BCUT2D eigenvalue weighted by Crippen LogP contribution is 2.38. The molecular formula is C45H47ClF3N7O2S2. The molecule has 7 rings (SSSR count). The minimum absolute atomic E-state index is 0.0258. The molecule has 2 heterocycles. The molecule has 60 heavy (non-hydrogen) atoms. The first-order valence-electron chi connectivity index (χ1n) is 19.8. The van der Waals surface area contributed by atoms with Crippen molar-refractivity contribution < 1.29 is 21.6 Å². The van der Waals surface area contributed by atoms with Gasteiger partial charge in [0.2, 0.25) is 0 Å². The van der Waals surface area contributed by atoms with E-state index in [-0.39, 0.29) is 23.6 Å². The van der Waals surface area contributed by atoms with E-state index in [4.69, 9.17) is 11.6 Å². The molecule has 1 fully saturated rings. The van der Waals surface area contributed by atoms with Crippen molar-refractivity contribution in [2.45, 2.75) is 54.9 Å². The predicted octanol–water partition coefficient (Wildman–Crippen LogP) is 10.1. The zero-order chi connectivity index (χ0) is 42.3. The largest absolute Gasteiger partial charge is 0.418 e. The molecule has 9 nitrogen and oxygen atoms in total. The van der Waals surface area contributed by atoms with Gasteiger partial charge in [0.15, 0.2) is 5.82 Å². The van der Waals surface area contributed by atoms with Crippen molar-refractivity contribution >= 4 is 61.5 Å². The number of benzene rings is 5. The van der Waals surface area contributed by atoms with Crippen molar-refractivity contribution in [2.24, 2.45) is 0 Å². The van der Waals surface area contributed by atoms with Gasteiger partial charge in [0.05, 0.1) is 16.0 Å². The minimum Gasteiger partial charge on any atom is -0.381 e. The molecule has 1 unspecified atom stereocenters. The summed E-state index contributed by atoms with van der Waals surface area (Å²) < 4.78 is 73.7. The SMILES string of the molecule is CC(C)NCCC(CSc1ccccc1)Nc1ccc(S(=O)(=O)Nc2ncnc3cc(N4CCN(Cc5ccccc5-c5ccc(Cl)cc5)CC4)ccc23)cc1C(F)(F)F. The first kappa shape index (κ1) is 43.2. The van der Waals surface area contributed by atoms with Crippen LogP contribution in [-0.2, 0) is 22.7 Å². The lowest BCUT2D eigenvalue weighted by molar-refractivity contribution is -0.137. The Morgan fingerprint density at radius 3 is 2.32 bits per heavy atom. The van der Waals surface area contributed by atoms with Gasteiger partial charge in [-0.3, -0.25) is 9.62 Å². The lowest BCUT2D eigenvalue weighted by atomic mass is 9.99. The second-order valence-electron chi connectivity index (χ2n) is 15.0. The molecule has 1 aromatic heterocycles. The van der Waals surface area contributed by atoms with Gasteiger partial charge in [-0.15, -0.1) is 11.8 Å². The summed E-state index contributed by atoms with van der Waals surface area (Å²) in [6, 6.07) is 34.3. The van der Waals surface area contributed by atoms with Crippen LogP contribution in [-0.4, -0.2) is 73.8 Å². The van der Waals surface area contributed by atoms with Gasteiger partial charge in [-0.05, 0) is 90.3 Å². The maximum Gasteiger partial charge on any atom is 0.418 e. The molecular weight excluding hydrogens is 827 g/mol. The molecule has 3 N–H and O–H groups in total. The van der Waals surface area contributed by atoms with Crippen molar-refractivity contribution in [3.63, 3.8) is 0 Å². The smallest absolute Gasteiger partial charge is 0.381 e. The van der Waals surface area contributed by atoms with E-state index in [0.29, 0.717) is 40.7 Å². The van der Waals surface area contributed by atoms with Crippen LogP contribution in [0.5, 0.6) is 0 Å². The van der Waals surface area contributed by atoms with Crippen LogP contribution in [0.4, 0.5) is 30.4 Å². The molecule has 5 aromatic carbocycles. The van der Waals surface area contributed by atoms with Crippen molar-refractivity contribution in [1.82, 2.24) is 20.2 Å². The van der Waals surface area contributed by atoms with Gasteiger partial charge in [-0.1, -0.05) is 80.0 Å². The van der Waals surface area contributed by atoms with Gasteiger partial charge in [-0.25, -0.2) is 18.4 Å². The van der Waals surface area contributed by atoms with Crippen molar-refractivity contribution in [1.29, 1.82) is 0 Å². The molecule has 0 saturated carbocycles. The number of hydrogen-bond acceptors (Lipinski definition) is 9. The number of nitrogens with zero attached hydrogens (tertiary/aromatic N) is 4. The standard InChI is InChI=1S/C45H47ClF3N7O2S2/c1-31(2)50-21-20-35(29-59-37-9-4-3-5-10-37)53-42-19-17-38(27-41(42)45(47,48)49)60(57,58)54-44-40-18-16-36(26-43(40)51-30-52-44)56-24-22-55(23-25-56)28-33-8-6-7-11-39(33)32-12-14-34(46)15-13-32/h3-19,26-27,30-31,35,50,53H,20-25,28-29H2,1-2H3,(H,51,52,54). The number of thioether (sulfide) groups is 1. The second-order valence-corrected chi connectivity index (χ2v) is 18.2. The Balaban J connectivity index is 1.03. The molecule has 1 aliphatic rings. The average Bonchev–Trinajstić information content (AvgIpc) is 3.23. The number of halogens is 4. The number of piperazine rings is 1. The summed E-state index contributed by atoms with van der Waals surface area (Å²) in [7, 11) is -4.49. The average molecular weight is 874 g/mol. The summed E-state index contributed by atoms with van der Waals surface area (Å²) in [6.45, 7) is 8.61. The van der Waals surface area contributed by atoms with Crippen LogP contribution >= 0.6 is 23.4 Å². The quantitative estimate of drug-likeness (QED) is 0.0821. The lowest BCUT2D eigenvalue weighted by Crippen LogP contribution is -2.46. The first-order valence-corrected chi connectivity index (χ1v) is 22.6. The fraction of sp³-hybridized carbons (Fsp3) is 0.289. The van der Waals surface area contributed by atoms with E-state index >= 15 is 0 Å². The molecule has 1 saturated heterocycles. The van der Waals surface area contributed by atoms with Crippen LogP contribution in [0.1, 0.15) is 31.4 Å². The van der Waals surface area contributed by atoms with E-state index in [9.17, 15) is 21.6 Å². The molecule has 0 bridgehead atoms. The fourth-order valence-corrected chi connectivity index (χ4v) is 9.39. The Morgan fingerprint density at radius 1 is 0.850 bits per heavy atom. The Kier molecular flexibility index (Phi) is 13.9. The highest BCUT2D eigenvalue weighted by Gasteiger charge is 2.36. The number of hydrogen-bond donors (Lipinski definition) is 3. The number of sulfonamides is 1. The third kappa shape index (κ3) is 11.1. The molecule has 15 heteroatoms. The number of rotatable bonds is 16. The summed E-state index contributed by atoms with van der Waals surface area (Å²) in [4.78, 5) is 13.7. The van der Waals surface area contributed by atoms with E-state index in [1.54, 1.807) is 17.8 Å². The number of nitrogens with one attached hydrogen (secondary N) is 3. The maximum atomic E-state index is 14.6. The predicted molar refractivity (Wildman–Crippen MR) is 239 cm³/mol. The minimum atomic E-state index is -4.83. The van der Waals surface area contributed by atoms with E-state index in [1.807, 2.05) is 86.6 Å². The van der Waals surface area contributed by atoms with E-state index < -0.39 is 26.7 Å². The monoisotopic (exact) mass is 873 g/mol. The molecule has 6 aromatic rings. The number of aromatic nitrogens is 2. The van der Waals surface area contributed by atoms with Gasteiger partial charge in [-0.2, -0.15) is 13.2 Å². The molecule has 1 aliphatic heterocycles. The summed E-state index contributed by atoms with van der Waals surface area (Å²) >= 11 is 7.67. The van der Waals surface area contributed by atoms with Crippen molar-refractivity contribution in [2.75, 3.05) is 53.4 Å². The van der Waals surface area contributed by atoms with Crippen LogP contribution in [0.2, 0.25) is 5.02 Å². The summed E-state index contributed by atoms with van der Waals surface area (Å²) in [6.07, 6.45) is -3.03. The topological polar surface area (TPSA) is 102 Å². The zero-order valence-electron chi connectivity index (χ0n) is 33.3. The number of fused-ring (bicyclic) bond motifs is 1. The van der Waals surface area contributed by atoms with E-state index in [0.717, 1.165) is 48.9 Å². The molecule has 0 amide bonds. The van der Waals surface area contributed by atoms with Gasteiger partial charge in [0, 0.05) is 77.2 Å². The highest BCUT2D eigenvalue weighted by molar-refractivity contribution is 7.99. The zero-order valence-corrected chi connectivity index (χ0v) is 35.7. The molecule has 0 aliphatic carbocycles.